The Bertz CT molecular complexity index is 661. The number of benzene rings is 2. The summed E-state index contributed by atoms with van der Waals surface area (Å²) in [5, 5.41) is 11.3. The lowest BCUT2D eigenvalue weighted by Gasteiger charge is -2.25. The predicted octanol–water partition coefficient (Wildman–Crippen LogP) is 3.31. The second kappa shape index (κ2) is 4.85. The highest BCUT2D eigenvalue weighted by molar-refractivity contribution is 6.31. The molecule has 20 heavy (non-hydrogen) atoms. The van der Waals surface area contributed by atoms with Crippen LogP contribution in [0.15, 0.2) is 42.5 Å². The highest BCUT2D eigenvalue weighted by atomic mass is 35.5. The summed E-state index contributed by atoms with van der Waals surface area (Å²) < 4.78 is 13.1. The summed E-state index contributed by atoms with van der Waals surface area (Å²) in [4.78, 5) is 0. The Morgan fingerprint density at radius 2 is 2.05 bits per heavy atom. The second-order valence-electron chi connectivity index (χ2n) is 5.34. The molecule has 0 spiro atoms. The zero-order chi connectivity index (χ0) is 14.3. The third-order valence-corrected chi connectivity index (χ3v) is 4.27. The van der Waals surface area contributed by atoms with Crippen LogP contribution in [0.5, 0.6) is 0 Å². The van der Waals surface area contributed by atoms with Gasteiger partial charge in [0.2, 0.25) is 0 Å². The standard InChI is InChI=1S/C16H15ClFNO/c17-14-7-11(18)6-5-10(14)8-16(20)9-15(19)12-3-1-2-4-13(12)16/h1-7,15,20H,8-9,19H2. The number of fused-ring (bicyclic) bond motifs is 1. The average molecular weight is 292 g/mol. The Labute approximate surface area is 122 Å². The van der Waals surface area contributed by atoms with E-state index in [4.69, 9.17) is 17.3 Å². The van der Waals surface area contributed by atoms with Crippen molar-refractivity contribution in [3.05, 3.63) is 70.0 Å². The maximum atomic E-state index is 13.1. The minimum atomic E-state index is -1.04. The molecule has 1 aliphatic carbocycles. The van der Waals surface area contributed by atoms with Crippen LogP contribution in [-0.2, 0) is 12.0 Å². The molecule has 2 atom stereocenters. The quantitative estimate of drug-likeness (QED) is 0.892. The van der Waals surface area contributed by atoms with Gasteiger partial charge in [-0.2, -0.15) is 0 Å². The van der Waals surface area contributed by atoms with E-state index in [0.29, 0.717) is 17.9 Å². The van der Waals surface area contributed by atoms with Crippen molar-refractivity contribution in [1.82, 2.24) is 0 Å². The van der Waals surface area contributed by atoms with E-state index in [9.17, 15) is 9.50 Å². The van der Waals surface area contributed by atoms with E-state index >= 15 is 0 Å². The van der Waals surface area contributed by atoms with E-state index < -0.39 is 5.60 Å². The van der Waals surface area contributed by atoms with Gasteiger partial charge in [0.05, 0.1) is 5.60 Å². The van der Waals surface area contributed by atoms with Crippen LogP contribution in [0.2, 0.25) is 5.02 Å². The molecular formula is C16H15ClFNO. The lowest BCUT2D eigenvalue weighted by atomic mass is 9.88. The summed E-state index contributed by atoms with van der Waals surface area (Å²) in [5.74, 6) is -0.380. The molecule has 0 saturated carbocycles. The molecule has 2 unspecified atom stereocenters. The SMILES string of the molecule is NC1CC(O)(Cc2ccc(F)cc2Cl)c2ccccc21. The third kappa shape index (κ3) is 2.22. The summed E-state index contributed by atoms with van der Waals surface area (Å²) in [7, 11) is 0. The molecule has 2 nitrogen and oxygen atoms in total. The molecule has 0 aliphatic heterocycles. The van der Waals surface area contributed by atoms with Crippen molar-refractivity contribution in [2.24, 2.45) is 5.73 Å². The Kier molecular flexibility index (Phi) is 3.28. The predicted molar refractivity (Wildman–Crippen MR) is 77.0 cm³/mol. The van der Waals surface area contributed by atoms with Gasteiger partial charge >= 0.3 is 0 Å². The van der Waals surface area contributed by atoms with E-state index in [1.807, 2.05) is 24.3 Å². The van der Waals surface area contributed by atoms with Gasteiger partial charge in [-0.3, -0.25) is 0 Å². The first-order valence-corrected chi connectivity index (χ1v) is 6.89. The van der Waals surface area contributed by atoms with Crippen molar-refractivity contribution >= 4 is 11.6 Å². The van der Waals surface area contributed by atoms with Gasteiger partial charge in [0.1, 0.15) is 5.82 Å². The Morgan fingerprint density at radius 3 is 2.80 bits per heavy atom. The molecule has 0 heterocycles. The molecule has 0 bridgehead atoms. The van der Waals surface area contributed by atoms with Crippen LogP contribution in [0.25, 0.3) is 0 Å². The van der Waals surface area contributed by atoms with Gasteiger partial charge in [0, 0.05) is 17.5 Å². The first-order chi connectivity index (χ1) is 9.49. The number of halogens is 2. The molecule has 4 heteroatoms. The van der Waals surface area contributed by atoms with Crippen molar-refractivity contribution in [3.63, 3.8) is 0 Å². The molecule has 104 valence electrons. The highest BCUT2D eigenvalue weighted by Gasteiger charge is 2.41. The minimum absolute atomic E-state index is 0.185. The van der Waals surface area contributed by atoms with Crippen molar-refractivity contribution < 1.29 is 9.50 Å². The molecule has 2 aromatic carbocycles. The van der Waals surface area contributed by atoms with Crippen LogP contribution in [0.1, 0.15) is 29.2 Å². The molecule has 0 fully saturated rings. The fourth-order valence-corrected chi connectivity index (χ4v) is 3.21. The van der Waals surface area contributed by atoms with E-state index in [-0.39, 0.29) is 11.9 Å². The Hall–Kier alpha value is -1.42. The van der Waals surface area contributed by atoms with Gasteiger partial charge in [-0.15, -0.1) is 0 Å². The van der Waals surface area contributed by atoms with Crippen LogP contribution in [-0.4, -0.2) is 5.11 Å². The lowest BCUT2D eigenvalue weighted by Crippen LogP contribution is -2.26. The Balaban J connectivity index is 1.98. The van der Waals surface area contributed by atoms with Gasteiger partial charge in [-0.1, -0.05) is 41.9 Å². The first kappa shape index (κ1) is 13.6. The molecule has 3 rings (SSSR count). The van der Waals surface area contributed by atoms with Crippen molar-refractivity contribution in [1.29, 1.82) is 0 Å². The third-order valence-electron chi connectivity index (χ3n) is 3.92. The van der Waals surface area contributed by atoms with Crippen LogP contribution >= 0.6 is 11.6 Å². The summed E-state index contributed by atoms with van der Waals surface area (Å²) in [6, 6.07) is 11.7. The lowest BCUT2D eigenvalue weighted by molar-refractivity contribution is 0.0342. The van der Waals surface area contributed by atoms with Crippen LogP contribution in [0, 0.1) is 5.82 Å². The van der Waals surface area contributed by atoms with Gasteiger partial charge in [0.15, 0.2) is 0 Å². The van der Waals surface area contributed by atoms with E-state index in [2.05, 4.69) is 0 Å². The number of rotatable bonds is 2. The van der Waals surface area contributed by atoms with E-state index in [1.54, 1.807) is 6.07 Å². The largest absolute Gasteiger partial charge is 0.385 e. The van der Waals surface area contributed by atoms with Gasteiger partial charge < -0.3 is 10.8 Å². The molecular weight excluding hydrogens is 277 g/mol. The van der Waals surface area contributed by atoms with E-state index in [0.717, 1.165) is 16.7 Å². The average Bonchev–Trinajstić information content (AvgIpc) is 2.66. The maximum Gasteiger partial charge on any atom is 0.124 e. The van der Waals surface area contributed by atoms with Gasteiger partial charge in [-0.25, -0.2) is 4.39 Å². The molecule has 1 aliphatic rings. The van der Waals surface area contributed by atoms with Crippen LogP contribution in [0.3, 0.4) is 0 Å². The number of aliphatic hydroxyl groups is 1. The van der Waals surface area contributed by atoms with Crippen molar-refractivity contribution in [3.8, 4) is 0 Å². The summed E-state index contributed by atoms with van der Waals surface area (Å²) in [6.07, 6.45) is 0.775. The molecule has 0 aromatic heterocycles. The van der Waals surface area contributed by atoms with Gasteiger partial charge in [0.25, 0.3) is 0 Å². The summed E-state index contributed by atoms with van der Waals surface area (Å²) in [5.41, 5.74) is 7.57. The Morgan fingerprint density at radius 1 is 1.30 bits per heavy atom. The zero-order valence-corrected chi connectivity index (χ0v) is 11.6. The molecule has 2 aromatic rings. The minimum Gasteiger partial charge on any atom is -0.385 e. The fourth-order valence-electron chi connectivity index (χ4n) is 2.98. The second-order valence-corrected chi connectivity index (χ2v) is 5.75. The summed E-state index contributed by atoms with van der Waals surface area (Å²) in [6.45, 7) is 0. The molecule has 0 radical (unpaired) electrons. The smallest absolute Gasteiger partial charge is 0.124 e. The monoisotopic (exact) mass is 291 g/mol. The molecule has 3 N–H and O–H groups in total. The fraction of sp³-hybridized carbons (Fsp3) is 0.250. The number of nitrogens with two attached hydrogens (primary N) is 1. The van der Waals surface area contributed by atoms with Crippen molar-refractivity contribution in [2.45, 2.75) is 24.5 Å². The first-order valence-electron chi connectivity index (χ1n) is 6.51. The topological polar surface area (TPSA) is 46.2 Å². The summed E-state index contributed by atoms with van der Waals surface area (Å²) >= 11 is 6.05. The molecule has 0 saturated heterocycles. The zero-order valence-electron chi connectivity index (χ0n) is 10.8. The van der Waals surface area contributed by atoms with Crippen molar-refractivity contribution in [2.75, 3.05) is 0 Å². The highest BCUT2D eigenvalue weighted by Crippen LogP contribution is 2.44. The number of hydrogen-bond acceptors (Lipinski definition) is 2. The number of hydrogen-bond donors (Lipinski definition) is 2. The molecule has 0 amide bonds. The maximum absolute atomic E-state index is 13.1. The van der Waals surface area contributed by atoms with Crippen LogP contribution < -0.4 is 5.73 Å². The van der Waals surface area contributed by atoms with E-state index in [1.165, 1.54) is 12.1 Å². The van der Waals surface area contributed by atoms with Gasteiger partial charge in [-0.05, 0) is 35.2 Å². The normalized spacial score (nSPS) is 24.7. The van der Waals surface area contributed by atoms with Crippen LogP contribution in [0.4, 0.5) is 4.39 Å².